The van der Waals surface area contributed by atoms with Crippen LogP contribution < -0.4 is 5.73 Å². The van der Waals surface area contributed by atoms with E-state index in [9.17, 15) is 0 Å². The van der Waals surface area contributed by atoms with Gasteiger partial charge in [-0.2, -0.15) is 0 Å². The first kappa shape index (κ1) is 13.9. The van der Waals surface area contributed by atoms with Crippen LogP contribution >= 0.6 is 0 Å². The van der Waals surface area contributed by atoms with Gasteiger partial charge in [-0.3, -0.25) is 4.90 Å². The van der Waals surface area contributed by atoms with Gasteiger partial charge in [-0.1, -0.05) is 44.9 Å². The standard InChI is InChI=1S/C17H32N2/c18-13-16(12-14-6-2-1-3-7-14)19-11-10-15-8-4-5-9-17(15)19/h14-17H,1-13,18H2. The Morgan fingerprint density at radius 3 is 2.42 bits per heavy atom. The molecular weight excluding hydrogens is 232 g/mol. The molecule has 0 amide bonds. The summed E-state index contributed by atoms with van der Waals surface area (Å²) in [5.41, 5.74) is 6.15. The van der Waals surface area contributed by atoms with Crippen LogP contribution in [0.3, 0.4) is 0 Å². The minimum atomic E-state index is 0.691. The summed E-state index contributed by atoms with van der Waals surface area (Å²) in [6.07, 6.45) is 16.1. The van der Waals surface area contributed by atoms with Crippen molar-refractivity contribution in [2.75, 3.05) is 13.1 Å². The lowest BCUT2D eigenvalue weighted by atomic mass is 9.82. The van der Waals surface area contributed by atoms with Gasteiger partial charge < -0.3 is 5.73 Å². The Bertz CT molecular complexity index is 272. The zero-order chi connectivity index (χ0) is 13.1. The van der Waals surface area contributed by atoms with Crippen molar-refractivity contribution in [2.24, 2.45) is 17.6 Å². The molecule has 110 valence electrons. The summed E-state index contributed by atoms with van der Waals surface area (Å²) >= 11 is 0. The zero-order valence-electron chi connectivity index (χ0n) is 12.5. The lowest BCUT2D eigenvalue weighted by Crippen LogP contribution is -2.46. The smallest absolute Gasteiger partial charge is 0.0224 e. The predicted molar refractivity (Wildman–Crippen MR) is 81.1 cm³/mol. The van der Waals surface area contributed by atoms with Gasteiger partial charge >= 0.3 is 0 Å². The third-order valence-electron chi connectivity index (χ3n) is 6.12. The van der Waals surface area contributed by atoms with Gasteiger partial charge in [-0.05, 0) is 44.1 Å². The minimum Gasteiger partial charge on any atom is -0.329 e. The average molecular weight is 264 g/mol. The molecule has 3 atom stereocenters. The van der Waals surface area contributed by atoms with Crippen LogP contribution in [0.15, 0.2) is 0 Å². The summed E-state index contributed by atoms with van der Waals surface area (Å²) in [7, 11) is 0. The third-order valence-corrected chi connectivity index (χ3v) is 6.12. The van der Waals surface area contributed by atoms with Crippen LogP contribution in [0, 0.1) is 11.8 Å². The molecule has 3 fully saturated rings. The number of fused-ring (bicyclic) bond motifs is 1. The second-order valence-electron chi connectivity index (χ2n) is 7.27. The molecular formula is C17H32N2. The van der Waals surface area contributed by atoms with E-state index in [-0.39, 0.29) is 0 Å². The first-order valence-electron chi connectivity index (χ1n) is 8.84. The first-order chi connectivity index (χ1) is 9.38. The SMILES string of the molecule is NCC(CC1CCCCC1)N1CCC2CCCCC21. The van der Waals surface area contributed by atoms with Crippen LogP contribution in [0.1, 0.15) is 70.6 Å². The van der Waals surface area contributed by atoms with E-state index in [1.54, 1.807) is 0 Å². The molecule has 19 heavy (non-hydrogen) atoms. The number of hydrogen-bond acceptors (Lipinski definition) is 2. The molecule has 1 heterocycles. The monoisotopic (exact) mass is 264 g/mol. The minimum absolute atomic E-state index is 0.691. The molecule has 3 unspecified atom stereocenters. The predicted octanol–water partition coefficient (Wildman–Crippen LogP) is 3.55. The fourth-order valence-electron chi connectivity index (χ4n) is 5.07. The Kier molecular flexibility index (Phi) is 4.81. The lowest BCUT2D eigenvalue weighted by molar-refractivity contribution is 0.112. The summed E-state index contributed by atoms with van der Waals surface area (Å²) in [4.78, 5) is 2.83. The molecule has 2 N–H and O–H groups in total. The number of likely N-dealkylation sites (tertiary alicyclic amines) is 1. The molecule has 0 radical (unpaired) electrons. The van der Waals surface area contributed by atoms with E-state index >= 15 is 0 Å². The van der Waals surface area contributed by atoms with Crippen molar-refractivity contribution in [1.82, 2.24) is 4.90 Å². The van der Waals surface area contributed by atoms with E-state index < -0.39 is 0 Å². The molecule has 1 aliphatic heterocycles. The van der Waals surface area contributed by atoms with Gasteiger partial charge in [0.1, 0.15) is 0 Å². The summed E-state index contributed by atoms with van der Waals surface area (Å²) in [6, 6.07) is 1.59. The highest BCUT2D eigenvalue weighted by molar-refractivity contribution is 4.93. The summed E-state index contributed by atoms with van der Waals surface area (Å²) < 4.78 is 0. The Hall–Kier alpha value is -0.0800. The average Bonchev–Trinajstić information content (AvgIpc) is 2.90. The summed E-state index contributed by atoms with van der Waals surface area (Å²) in [6.45, 7) is 2.23. The first-order valence-corrected chi connectivity index (χ1v) is 8.84. The van der Waals surface area contributed by atoms with Crippen molar-refractivity contribution < 1.29 is 0 Å². The van der Waals surface area contributed by atoms with Crippen molar-refractivity contribution in [2.45, 2.75) is 82.7 Å². The van der Waals surface area contributed by atoms with Crippen LogP contribution in [-0.2, 0) is 0 Å². The number of nitrogens with zero attached hydrogens (tertiary/aromatic N) is 1. The molecule has 2 heteroatoms. The molecule has 0 aromatic rings. The van der Waals surface area contributed by atoms with Crippen molar-refractivity contribution >= 4 is 0 Å². The molecule has 2 saturated carbocycles. The normalized spacial score (nSPS) is 35.2. The van der Waals surface area contributed by atoms with Crippen molar-refractivity contribution in [3.63, 3.8) is 0 Å². The van der Waals surface area contributed by atoms with Crippen molar-refractivity contribution in [3.05, 3.63) is 0 Å². The maximum atomic E-state index is 6.15. The Morgan fingerprint density at radius 1 is 0.895 bits per heavy atom. The molecule has 0 bridgehead atoms. The van der Waals surface area contributed by atoms with Gasteiger partial charge in [0, 0.05) is 18.6 Å². The van der Waals surface area contributed by atoms with E-state index in [2.05, 4.69) is 4.90 Å². The third kappa shape index (κ3) is 3.16. The number of hydrogen-bond donors (Lipinski definition) is 1. The van der Waals surface area contributed by atoms with E-state index in [1.165, 1.54) is 77.2 Å². The van der Waals surface area contributed by atoms with E-state index in [0.29, 0.717) is 6.04 Å². The van der Waals surface area contributed by atoms with E-state index in [4.69, 9.17) is 5.73 Å². The molecule has 0 spiro atoms. The molecule has 3 aliphatic rings. The van der Waals surface area contributed by atoms with Gasteiger partial charge in [0.2, 0.25) is 0 Å². The maximum absolute atomic E-state index is 6.15. The highest BCUT2D eigenvalue weighted by atomic mass is 15.2. The largest absolute Gasteiger partial charge is 0.329 e. The van der Waals surface area contributed by atoms with Crippen LogP contribution in [-0.4, -0.2) is 30.1 Å². The molecule has 3 rings (SSSR count). The van der Waals surface area contributed by atoms with Gasteiger partial charge in [-0.15, -0.1) is 0 Å². The second-order valence-corrected chi connectivity index (χ2v) is 7.27. The topological polar surface area (TPSA) is 29.3 Å². The van der Waals surface area contributed by atoms with Gasteiger partial charge in [0.05, 0.1) is 0 Å². The fraction of sp³-hybridized carbons (Fsp3) is 1.00. The lowest BCUT2D eigenvalue weighted by Gasteiger charge is -2.38. The highest BCUT2D eigenvalue weighted by Crippen LogP contribution is 2.39. The van der Waals surface area contributed by atoms with E-state index in [0.717, 1.165) is 24.4 Å². The van der Waals surface area contributed by atoms with Gasteiger partial charge in [-0.25, -0.2) is 0 Å². The quantitative estimate of drug-likeness (QED) is 0.841. The fourth-order valence-corrected chi connectivity index (χ4v) is 5.07. The molecule has 1 saturated heterocycles. The van der Waals surface area contributed by atoms with Gasteiger partial charge in [0.25, 0.3) is 0 Å². The Balaban J connectivity index is 1.58. The molecule has 0 aromatic carbocycles. The maximum Gasteiger partial charge on any atom is 0.0224 e. The summed E-state index contributed by atoms with van der Waals surface area (Å²) in [5, 5.41) is 0. The van der Waals surface area contributed by atoms with Crippen LogP contribution in [0.2, 0.25) is 0 Å². The molecule has 2 nitrogen and oxygen atoms in total. The second kappa shape index (κ2) is 6.58. The Labute approximate surface area is 119 Å². The van der Waals surface area contributed by atoms with Crippen molar-refractivity contribution in [1.29, 1.82) is 0 Å². The zero-order valence-corrected chi connectivity index (χ0v) is 12.5. The van der Waals surface area contributed by atoms with Gasteiger partial charge in [0.15, 0.2) is 0 Å². The summed E-state index contributed by atoms with van der Waals surface area (Å²) in [5.74, 6) is 1.99. The highest BCUT2D eigenvalue weighted by Gasteiger charge is 2.39. The van der Waals surface area contributed by atoms with E-state index in [1.807, 2.05) is 0 Å². The van der Waals surface area contributed by atoms with Crippen LogP contribution in [0.4, 0.5) is 0 Å². The Morgan fingerprint density at radius 2 is 1.63 bits per heavy atom. The number of rotatable bonds is 4. The van der Waals surface area contributed by atoms with Crippen molar-refractivity contribution in [3.8, 4) is 0 Å². The molecule has 0 aromatic heterocycles. The van der Waals surface area contributed by atoms with Crippen LogP contribution in [0.25, 0.3) is 0 Å². The van der Waals surface area contributed by atoms with Crippen LogP contribution in [0.5, 0.6) is 0 Å². The molecule has 2 aliphatic carbocycles. The number of nitrogens with two attached hydrogens (primary N) is 1.